The molecule has 0 N–H and O–H groups in total. The van der Waals surface area contributed by atoms with Crippen molar-refractivity contribution in [1.29, 1.82) is 0 Å². The number of rotatable bonds is 4. The van der Waals surface area contributed by atoms with E-state index in [0.29, 0.717) is 22.9 Å². The summed E-state index contributed by atoms with van der Waals surface area (Å²) in [6.07, 6.45) is 1.91. The second kappa shape index (κ2) is 5.52. The molecule has 1 heterocycles. The SMILES string of the molecule is CC(C)n1ccc(COc2cc(F)cc(Br)c2)n1. The monoisotopic (exact) mass is 312 g/mol. The Morgan fingerprint density at radius 2 is 2.17 bits per heavy atom. The van der Waals surface area contributed by atoms with Crippen LogP contribution in [0.4, 0.5) is 4.39 Å². The van der Waals surface area contributed by atoms with Gasteiger partial charge in [-0.05, 0) is 32.0 Å². The van der Waals surface area contributed by atoms with Crippen molar-refractivity contribution in [1.82, 2.24) is 9.78 Å². The van der Waals surface area contributed by atoms with E-state index in [-0.39, 0.29) is 5.82 Å². The van der Waals surface area contributed by atoms with Gasteiger partial charge in [0.1, 0.15) is 18.2 Å². The summed E-state index contributed by atoms with van der Waals surface area (Å²) >= 11 is 3.22. The zero-order chi connectivity index (χ0) is 13.1. The van der Waals surface area contributed by atoms with E-state index in [0.717, 1.165) is 5.69 Å². The lowest BCUT2D eigenvalue weighted by atomic mass is 10.3. The predicted octanol–water partition coefficient (Wildman–Crippen LogP) is 3.94. The average molecular weight is 313 g/mol. The standard InChI is InChI=1S/C13H14BrFN2O/c1-9(2)17-4-3-12(16-17)8-18-13-6-10(14)5-11(15)7-13/h3-7,9H,8H2,1-2H3. The largest absolute Gasteiger partial charge is 0.487 e. The molecule has 0 saturated carbocycles. The third kappa shape index (κ3) is 3.32. The smallest absolute Gasteiger partial charge is 0.132 e. The van der Waals surface area contributed by atoms with Gasteiger partial charge in [0.15, 0.2) is 0 Å². The molecule has 0 atom stereocenters. The molecule has 18 heavy (non-hydrogen) atoms. The van der Waals surface area contributed by atoms with Crippen LogP contribution in [0.25, 0.3) is 0 Å². The number of hydrogen-bond acceptors (Lipinski definition) is 2. The van der Waals surface area contributed by atoms with Crippen LogP contribution >= 0.6 is 15.9 Å². The number of halogens is 2. The molecule has 0 amide bonds. The Balaban J connectivity index is 2.02. The molecule has 0 aliphatic carbocycles. The van der Waals surface area contributed by atoms with Crippen LogP contribution in [0.15, 0.2) is 34.9 Å². The zero-order valence-corrected chi connectivity index (χ0v) is 11.8. The van der Waals surface area contributed by atoms with Crippen molar-refractivity contribution in [2.45, 2.75) is 26.5 Å². The van der Waals surface area contributed by atoms with Crippen LogP contribution in [0.2, 0.25) is 0 Å². The van der Waals surface area contributed by atoms with Crippen molar-refractivity contribution in [3.8, 4) is 5.75 Å². The first kappa shape index (κ1) is 13.1. The normalized spacial score (nSPS) is 10.9. The van der Waals surface area contributed by atoms with E-state index >= 15 is 0 Å². The van der Waals surface area contributed by atoms with Crippen molar-refractivity contribution >= 4 is 15.9 Å². The molecule has 0 bridgehead atoms. The lowest BCUT2D eigenvalue weighted by Gasteiger charge is -2.06. The molecule has 0 aliphatic heterocycles. The highest BCUT2D eigenvalue weighted by molar-refractivity contribution is 9.10. The minimum absolute atomic E-state index is 0.321. The molecule has 0 fully saturated rings. The van der Waals surface area contributed by atoms with Crippen molar-refractivity contribution in [3.63, 3.8) is 0 Å². The topological polar surface area (TPSA) is 27.1 Å². The van der Waals surface area contributed by atoms with Gasteiger partial charge in [-0.15, -0.1) is 0 Å². The summed E-state index contributed by atoms with van der Waals surface area (Å²) in [5, 5.41) is 4.36. The Bertz CT molecular complexity index is 519. The highest BCUT2D eigenvalue weighted by Crippen LogP contribution is 2.21. The molecule has 0 aliphatic rings. The van der Waals surface area contributed by atoms with Crippen LogP contribution in [0, 0.1) is 5.82 Å². The van der Waals surface area contributed by atoms with Gasteiger partial charge in [0.25, 0.3) is 0 Å². The molecule has 1 aromatic carbocycles. The van der Waals surface area contributed by atoms with Gasteiger partial charge in [-0.1, -0.05) is 15.9 Å². The summed E-state index contributed by atoms with van der Waals surface area (Å²) < 4.78 is 21.2. The molecule has 0 radical (unpaired) electrons. The van der Waals surface area contributed by atoms with E-state index in [1.54, 1.807) is 6.07 Å². The molecular weight excluding hydrogens is 299 g/mol. The molecule has 0 unspecified atom stereocenters. The zero-order valence-electron chi connectivity index (χ0n) is 10.2. The first-order chi connectivity index (χ1) is 8.54. The number of ether oxygens (including phenoxy) is 1. The summed E-state index contributed by atoms with van der Waals surface area (Å²) in [5.74, 6) is 0.160. The molecule has 2 aromatic rings. The van der Waals surface area contributed by atoms with E-state index in [1.807, 2.05) is 16.9 Å². The third-order valence-electron chi connectivity index (χ3n) is 2.42. The maximum Gasteiger partial charge on any atom is 0.132 e. The molecular formula is C13H14BrFN2O. The molecule has 0 saturated heterocycles. The second-order valence-electron chi connectivity index (χ2n) is 4.27. The molecule has 0 spiro atoms. The number of benzene rings is 1. The van der Waals surface area contributed by atoms with Crippen molar-refractivity contribution < 1.29 is 9.13 Å². The fraction of sp³-hybridized carbons (Fsp3) is 0.308. The van der Waals surface area contributed by atoms with Crippen molar-refractivity contribution in [2.24, 2.45) is 0 Å². The van der Waals surface area contributed by atoms with Crippen LogP contribution in [-0.4, -0.2) is 9.78 Å². The third-order valence-corrected chi connectivity index (χ3v) is 2.87. The number of aromatic nitrogens is 2. The van der Waals surface area contributed by atoms with Gasteiger partial charge < -0.3 is 4.74 Å². The van der Waals surface area contributed by atoms with E-state index in [1.165, 1.54) is 12.1 Å². The molecule has 3 nitrogen and oxygen atoms in total. The van der Waals surface area contributed by atoms with E-state index in [2.05, 4.69) is 34.9 Å². The summed E-state index contributed by atoms with van der Waals surface area (Å²) in [4.78, 5) is 0. The quantitative estimate of drug-likeness (QED) is 0.855. The van der Waals surface area contributed by atoms with Crippen LogP contribution in [-0.2, 0) is 6.61 Å². The van der Waals surface area contributed by atoms with Gasteiger partial charge in [-0.25, -0.2) is 4.39 Å². The molecule has 1 aromatic heterocycles. The van der Waals surface area contributed by atoms with Crippen LogP contribution in [0.3, 0.4) is 0 Å². The summed E-state index contributed by atoms with van der Waals surface area (Å²) in [6.45, 7) is 4.44. The Morgan fingerprint density at radius 3 is 2.78 bits per heavy atom. The van der Waals surface area contributed by atoms with Gasteiger partial charge in [0.05, 0.1) is 5.69 Å². The summed E-state index contributed by atoms with van der Waals surface area (Å²) in [6, 6.07) is 6.68. The highest BCUT2D eigenvalue weighted by Gasteiger charge is 2.04. The predicted molar refractivity (Wildman–Crippen MR) is 71.0 cm³/mol. The van der Waals surface area contributed by atoms with Gasteiger partial charge in [0, 0.05) is 22.8 Å². The average Bonchev–Trinajstić information content (AvgIpc) is 2.73. The highest BCUT2D eigenvalue weighted by atomic mass is 79.9. The number of nitrogens with zero attached hydrogens (tertiary/aromatic N) is 2. The maximum absolute atomic E-state index is 13.1. The molecule has 2 rings (SSSR count). The minimum atomic E-state index is -0.327. The van der Waals surface area contributed by atoms with Crippen molar-refractivity contribution in [2.75, 3.05) is 0 Å². The Labute approximate surface area is 114 Å². The van der Waals surface area contributed by atoms with Gasteiger partial charge in [-0.3, -0.25) is 4.68 Å². The van der Waals surface area contributed by atoms with Crippen LogP contribution < -0.4 is 4.74 Å². The van der Waals surface area contributed by atoms with Gasteiger partial charge in [-0.2, -0.15) is 5.10 Å². The molecule has 5 heteroatoms. The Hall–Kier alpha value is -1.36. The Kier molecular flexibility index (Phi) is 4.01. The number of hydrogen-bond donors (Lipinski definition) is 0. The fourth-order valence-corrected chi connectivity index (χ4v) is 1.96. The van der Waals surface area contributed by atoms with Crippen LogP contribution in [0.1, 0.15) is 25.6 Å². The summed E-state index contributed by atoms with van der Waals surface area (Å²) in [7, 11) is 0. The first-order valence-corrected chi connectivity index (χ1v) is 6.47. The van der Waals surface area contributed by atoms with Crippen LogP contribution in [0.5, 0.6) is 5.75 Å². The fourth-order valence-electron chi connectivity index (χ4n) is 1.51. The lowest BCUT2D eigenvalue weighted by molar-refractivity contribution is 0.297. The lowest BCUT2D eigenvalue weighted by Crippen LogP contribution is -2.03. The molecule has 96 valence electrons. The summed E-state index contributed by atoms with van der Waals surface area (Å²) in [5.41, 5.74) is 0.823. The van der Waals surface area contributed by atoms with Gasteiger partial charge >= 0.3 is 0 Å². The minimum Gasteiger partial charge on any atom is -0.487 e. The van der Waals surface area contributed by atoms with Gasteiger partial charge in [0.2, 0.25) is 0 Å². The Morgan fingerprint density at radius 1 is 1.39 bits per heavy atom. The first-order valence-electron chi connectivity index (χ1n) is 5.67. The maximum atomic E-state index is 13.1. The van der Waals surface area contributed by atoms with E-state index in [4.69, 9.17) is 4.74 Å². The van der Waals surface area contributed by atoms with Crippen molar-refractivity contribution in [3.05, 3.63) is 46.4 Å². The van der Waals surface area contributed by atoms with E-state index in [9.17, 15) is 4.39 Å². The second-order valence-corrected chi connectivity index (χ2v) is 5.19. The van der Waals surface area contributed by atoms with E-state index < -0.39 is 0 Å².